The SMILES string of the molecule is CC1=CC(C)[C-]=C1.CC1=[C-]C(=C(c2ccccc2)c2ccccc2)C(C)=C1.[Cl-].[Cl-].[Zr+4]. The Hall–Kier alpha value is -1.40. The summed E-state index contributed by atoms with van der Waals surface area (Å²) in [5, 5.41) is 0. The molecule has 3 heteroatoms. The van der Waals surface area contributed by atoms with Crippen LogP contribution in [-0.2, 0) is 26.2 Å². The van der Waals surface area contributed by atoms with Gasteiger partial charge in [-0.15, -0.1) is 24.1 Å². The predicted molar refractivity (Wildman–Crippen MR) is 116 cm³/mol. The van der Waals surface area contributed by atoms with Crippen LogP contribution in [0.1, 0.15) is 38.8 Å². The molecule has 0 aliphatic heterocycles. The van der Waals surface area contributed by atoms with Crippen LogP contribution in [0, 0.1) is 18.1 Å². The van der Waals surface area contributed by atoms with Crippen molar-refractivity contribution >= 4 is 5.57 Å². The van der Waals surface area contributed by atoms with Crippen molar-refractivity contribution in [3.63, 3.8) is 0 Å². The third-order valence-electron chi connectivity index (χ3n) is 4.61. The summed E-state index contributed by atoms with van der Waals surface area (Å²) in [5.41, 5.74) is 8.77. The number of benzene rings is 2. The molecule has 2 aromatic carbocycles. The van der Waals surface area contributed by atoms with E-state index in [9.17, 15) is 0 Å². The van der Waals surface area contributed by atoms with Crippen molar-refractivity contribution in [2.45, 2.75) is 27.7 Å². The van der Waals surface area contributed by atoms with E-state index in [0.29, 0.717) is 5.92 Å². The molecule has 0 saturated carbocycles. The molecule has 2 aliphatic rings. The summed E-state index contributed by atoms with van der Waals surface area (Å²) in [6.45, 7) is 8.48. The normalized spacial score (nSPS) is 15.9. The first kappa shape index (κ1) is 28.6. The van der Waals surface area contributed by atoms with Crippen LogP contribution in [0.15, 0.2) is 101 Å². The average molecular weight is 513 g/mol. The van der Waals surface area contributed by atoms with Gasteiger partial charge in [0.1, 0.15) is 0 Å². The molecule has 1 atom stereocenters. The molecule has 2 aromatic rings. The summed E-state index contributed by atoms with van der Waals surface area (Å²) in [6, 6.07) is 21.1. The van der Waals surface area contributed by atoms with Gasteiger partial charge in [0.05, 0.1) is 0 Å². The van der Waals surface area contributed by atoms with Crippen molar-refractivity contribution in [1.82, 2.24) is 0 Å². The topological polar surface area (TPSA) is 0 Å². The predicted octanol–water partition coefficient (Wildman–Crippen LogP) is 1.15. The fraction of sp³-hybridized carbons (Fsp3) is 0.185. The Morgan fingerprint density at radius 1 is 0.800 bits per heavy atom. The molecular weight excluding hydrogens is 486 g/mol. The van der Waals surface area contributed by atoms with Crippen LogP contribution in [0.2, 0.25) is 0 Å². The Bertz CT molecular complexity index is 907. The third-order valence-corrected chi connectivity index (χ3v) is 4.61. The van der Waals surface area contributed by atoms with Gasteiger partial charge >= 0.3 is 26.2 Å². The van der Waals surface area contributed by atoms with Gasteiger partial charge in [-0.1, -0.05) is 104 Å². The van der Waals surface area contributed by atoms with Crippen LogP contribution < -0.4 is 24.8 Å². The van der Waals surface area contributed by atoms with E-state index in [4.69, 9.17) is 0 Å². The maximum atomic E-state index is 3.50. The minimum atomic E-state index is 0. The van der Waals surface area contributed by atoms with Crippen LogP contribution in [0.5, 0.6) is 0 Å². The fourth-order valence-electron chi connectivity index (χ4n) is 3.41. The maximum absolute atomic E-state index is 3.50. The summed E-state index contributed by atoms with van der Waals surface area (Å²) in [5.74, 6) is 0.556. The molecule has 0 amide bonds. The zero-order valence-electron chi connectivity index (χ0n) is 17.8. The monoisotopic (exact) mass is 510 g/mol. The minimum absolute atomic E-state index is 0. The maximum Gasteiger partial charge on any atom is 4.00 e. The van der Waals surface area contributed by atoms with Crippen molar-refractivity contribution in [3.05, 3.63) is 124 Å². The second-order valence-electron chi connectivity index (χ2n) is 7.13. The molecule has 30 heavy (non-hydrogen) atoms. The van der Waals surface area contributed by atoms with Crippen LogP contribution in [0.3, 0.4) is 0 Å². The average Bonchev–Trinajstić information content (AvgIpc) is 3.21. The van der Waals surface area contributed by atoms with E-state index in [1.54, 1.807) is 0 Å². The van der Waals surface area contributed by atoms with Crippen LogP contribution in [-0.4, -0.2) is 0 Å². The molecule has 0 aromatic heterocycles. The molecule has 0 bridgehead atoms. The van der Waals surface area contributed by atoms with Gasteiger partial charge in [0.25, 0.3) is 0 Å². The minimum Gasteiger partial charge on any atom is -1.00 e. The smallest absolute Gasteiger partial charge is 1.00 e. The van der Waals surface area contributed by atoms with E-state index in [1.807, 2.05) is 6.08 Å². The zero-order valence-corrected chi connectivity index (χ0v) is 21.8. The Morgan fingerprint density at radius 3 is 1.60 bits per heavy atom. The van der Waals surface area contributed by atoms with E-state index in [1.165, 1.54) is 39.0 Å². The second kappa shape index (κ2) is 13.8. The molecule has 0 radical (unpaired) electrons. The summed E-state index contributed by atoms with van der Waals surface area (Å²) in [4.78, 5) is 0. The van der Waals surface area contributed by atoms with Gasteiger partial charge < -0.3 is 24.8 Å². The van der Waals surface area contributed by atoms with Crippen molar-refractivity contribution in [1.29, 1.82) is 0 Å². The fourth-order valence-corrected chi connectivity index (χ4v) is 3.41. The molecule has 0 N–H and O–H groups in total. The van der Waals surface area contributed by atoms with Crippen LogP contribution in [0.4, 0.5) is 0 Å². The Morgan fingerprint density at radius 2 is 1.30 bits per heavy atom. The van der Waals surface area contributed by atoms with Crippen molar-refractivity contribution in [2.24, 2.45) is 5.92 Å². The molecule has 0 nitrogen and oxygen atoms in total. The second-order valence-corrected chi connectivity index (χ2v) is 7.13. The van der Waals surface area contributed by atoms with Gasteiger partial charge in [0.2, 0.25) is 0 Å². The molecule has 4 rings (SSSR count). The molecule has 1 unspecified atom stereocenters. The molecule has 2 aliphatic carbocycles. The van der Waals surface area contributed by atoms with Crippen LogP contribution in [0.25, 0.3) is 5.57 Å². The van der Waals surface area contributed by atoms with Crippen LogP contribution >= 0.6 is 0 Å². The van der Waals surface area contributed by atoms with Gasteiger partial charge in [-0.25, -0.2) is 11.6 Å². The molecule has 0 fully saturated rings. The summed E-state index contributed by atoms with van der Waals surface area (Å²) < 4.78 is 0. The first-order valence-corrected chi connectivity index (χ1v) is 9.46. The van der Waals surface area contributed by atoms with E-state index < -0.39 is 0 Å². The van der Waals surface area contributed by atoms with Gasteiger partial charge in [0.15, 0.2) is 0 Å². The summed E-state index contributed by atoms with van der Waals surface area (Å²) >= 11 is 0. The molecular formula is C27H26Cl2Zr. The van der Waals surface area contributed by atoms with E-state index >= 15 is 0 Å². The first-order chi connectivity index (χ1) is 13.0. The van der Waals surface area contributed by atoms with Gasteiger partial charge in [-0.3, -0.25) is 6.08 Å². The van der Waals surface area contributed by atoms with Gasteiger partial charge in [-0.05, 0) is 0 Å². The number of hydrogen-bond donors (Lipinski definition) is 0. The molecule has 0 saturated heterocycles. The largest absolute Gasteiger partial charge is 4.00 e. The third kappa shape index (κ3) is 7.70. The molecule has 0 heterocycles. The quantitative estimate of drug-likeness (QED) is 0.530. The number of rotatable bonds is 2. The molecule has 152 valence electrons. The van der Waals surface area contributed by atoms with Gasteiger partial charge in [0, 0.05) is 0 Å². The van der Waals surface area contributed by atoms with Crippen molar-refractivity contribution in [2.75, 3.05) is 0 Å². The number of hydrogen-bond acceptors (Lipinski definition) is 0. The Balaban J connectivity index is 0.000000726. The Kier molecular flexibility index (Phi) is 13.2. The van der Waals surface area contributed by atoms with Crippen molar-refractivity contribution < 1.29 is 51.0 Å². The zero-order chi connectivity index (χ0) is 19.2. The van der Waals surface area contributed by atoms with E-state index in [-0.39, 0.29) is 51.0 Å². The van der Waals surface area contributed by atoms with E-state index in [2.05, 4.69) is 113 Å². The first-order valence-electron chi connectivity index (χ1n) is 9.46. The molecule has 0 spiro atoms. The van der Waals surface area contributed by atoms with Gasteiger partial charge in [-0.2, -0.15) is 17.7 Å². The summed E-state index contributed by atoms with van der Waals surface area (Å²) in [6.07, 6.45) is 13.1. The standard InChI is InChI=1S/C20H17.C7H9.2ClH.Zr/c1-15-13-16(2)19(14-15)20(17-9-5-3-6-10-17)18-11-7-4-8-12-18;1-6-3-4-7(2)5-6;;;/h3-13H,1-2H3;3,5,7H,1-2H3;2*1H;/q2*-1;;;+4/p-2. The number of allylic oxidation sites excluding steroid dienone is 9. The van der Waals surface area contributed by atoms with Crippen molar-refractivity contribution in [3.8, 4) is 0 Å². The summed E-state index contributed by atoms with van der Waals surface area (Å²) in [7, 11) is 0. The van der Waals surface area contributed by atoms with E-state index in [0.717, 1.165) is 0 Å². The Labute approximate surface area is 213 Å². The number of halogens is 2.